The number of carbonyl (C=O) groups excluding carboxylic acids is 2. The lowest BCUT2D eigenvalue weighted by Crippen LogP contribution is -2.43. The predicted molar refractivity (Wildman–Crippen MR) is 219 cm³/mol. The number of nitrogens with zero attached hydrogens (tertiary/aromatic N) is 2. The zero-order valence-corrected chi connectivity index (χ0v) is 33.4. The lowest BCUT2D eigenvalue weighted by molar-refractivity contribution is -0.137. The molecule has 2 aliphatic rings. The molecule has 1 aromatic heterocycles. The van der Waals surface area contributed by atoms with Gasteiger partial charge in [0, 0.05) is 17.5 Å². The number of ether oxygens (including phenoxy) is 5. The highest BCUT2D eigenvalue weighted by Gasteiger charge is 2.34. The first-order valence-electron chi connectivity index (χ1n) is 19.6. The van der Waals surface area contributed by atoms with E-state index in [2.05, 4.69) is 0 Å². The van der Waals surface area contributed by atoms with Crippen LogP contribution in [0.5, 0.6) is 23.0 Å². The van der Waals surface area contributed by atoms with Gasteiger partial charge in [0.25, 0.3) is 5.91 Å². The van der Waals surface area contributed by atoms with Gasteiger partial charge in [0.15, 0.2) is 29.6 Å². The first kappa shape index (κ1) is 39.6. The van der Waals surface area contributed by atoms with Crippen LogP contribution in [-0.4, -0.2) is 61.3 Å². The summed E-state index contributed by atoms with van der Waals surface area (Å²) in [4.78, 5) is 35.2. The predicted octanol–water partition coefficient (Wildman–Crippen LogP) is 9.63. The molecule has 0 radical (unpaired) electrons. The molecule has 1 aliphatic carbocycles. The Balaban J connectivity index is 1.20. The summed E-state index contributed by atoms with van der Waals surface area (Å²) in [5, 5.41) is 0.910. The standard InChI is InChI=1S/C46H46ClFN2O7/c1-5-53-39-19-16-28(23-40(39)54-6-2)22-38-33-26-42(56-8-4)41(55-7-3)25-29(33)20-21-50(38)43(51)27-57-46(52)44-31-12-9-10-15-37(31)49-45-30(17-18-32(44)45)24-34-35(47)13-11-14-36(34)48/h9-16,19,23-26,38H,5-8,17-18,20-22,27H2,1-4H3/b30-24+. The minimum absolute atomic E-state index is 0.270. The highest BCUT2D eigenvalue weighted by Crippen LogP contribution is 2.42. The topological polar surface area (TPSA) is 96.4 Å². The summed E-state index contributed by atoms with van der Waals surface area (Å²) in [5.74, 6) is 1.17. The number of hydrogen-bond donors (Lipinski definition) is 0. The van der Waals surface area contributed by atoms with E-state index in [1.807, 2.05) is 82.3 Å². The summed E-state index contributed by atoms with van der Waals surface area (Å²) in [6, 6.07) is 21.3. The number of pyridine rings is 1. The van der Waals surface area contributed by atoms with Crippen molar-refractivity contribution in [3.05, 3.63) is 123 Å². The van der Waals surface area contributed by atoms with Gasteiger partial charge in [0.2, 0.25) is 0 Å². The van der Waals surface area contributed by atoms with E-state index >= 15 is 0 Å². The average molecular weight is 793 g/mol. The first-order chi connectivity index (χ1) is 27.7. The molecule has 0 N–H and O–H groups in total. The summed E-state index contributed by atoms with van der Waals surface area (Å²) >= 11 is 6.37. The van der Waals surface area contributed by atoms with E-state index in [4.69, 9.17) is 40.3 Å². The average Bonchev–Trinajstić information content (AvgIpc) is 3.60. The molecule has 0 bridgehead atoms. The quantitative estimate of drug-likeness (QED) is 0.103. The molecule has 0 saturated heterocycles. The van der Waals surface area contributed by atoms with Gasteiger partial charge in [0.05, 0.1) is 54.3 Å². The fraction of sp³-hybridized carbons (Fsp3) is 0.326. The monoisotopic (exact) mass is 792 g/mol. The number of hydrogen-bond acceptors (Lipinski definition) is 8. The summed E-state index contributed by atoms with van der Waals surface area (Å²) in [6.45, 7) is 9.54. The number of rotatable bonds is 14. The van der Waals surface area contributed by atoms with Gasteiger partial charge in [-0.25, -0.2) is 14.2 Å². The van der Waals surface area contributed by atoms with Crippen molar-refractivity contribution in [1.29, 1.82) is 0 Å². The molecule has 0 saturated carbocycles. The third-order valence-corrected chi connectivity index (χ3v) is 10.6. The Labute approximate surface area is 337 Å². The molecule has 1 amide bonds. The Hall–Kier alpha value is -5.61. The number of benzene rings is 4. The summed E-state index contributed by atoms with van der Waals surface area (Å²) in [7, 11) is 0. The third-order valence-electron chi connectivity index (χ3n) is 10.3. The first-order valence-corrected chi connectivity index (χ1v) is 20.0. The number of aromatic nitrogens is 1. The van der Waals surface area contributed by atoms with E-state index in [1.165, 1.54) is 6.07 Å². The number of esters is 1. The number of amides is 1. The molecule has 11 heteroatoms. The van der Waals surface area contributed by atoms with Crippen molar-refractivity contribution in [2.45, 2.75) is 59.4 Å². The number of fused-ring (bicyclic) bond motifs is 3. The summed E-state index contributed by atoms with van der Waals surface area (Å²) in [6.07, 6.45) is 3.76. The second-order valence-corrected chi connectivity index (χ2v) is 14.2. The van der Waals surface area contributed by atoms with Gasteiger partial charge in [-0.2, -0.15) is 0 Å². The molecule has 9 nitrogen and oxygen atoms in total. The van der Waals surface area contributed by atoms with Gasteiger partial charge < -0.3 is 28.6 Å². The second-order valence-electron chi connectivity index (χ2n) is 13.8. The lowest BCUT2D eigenvalue weighted by atomic mass is 9.88. The largest absolute Gasteiger partial charge is 0.490 e. The van der Waals surface area contributed by atoms with Crippen molar-refractivity contribution in [3.63, 3.8) is 0 Å². The van der Waals surface area contributed by atoms with E-state index in [9.17, 15) is 14.0 Å². The highest BCUT2D eigenvalue weighted by molar-refractivity contribution is 6.32. The zero-order valence-electron chi connectivity index (χ0n) is 32.7. The fourth-order valence-corrected chi connectivity index (χ4v) is 8.05. The van der Waals surface area contributed by atoms with Crippen LogP contribution in [0.4, 0.5) is 4.39 Å². The number of para-hydroxylation sites is 1. The maximum atomic E-state index is 14.8. The molecule has 296 valence electrons. The minimum Gasteiger partial charge on any atom is -0.490 e. The van der Waals surface area contributed by atoms with Crippen molar-refractivity contribution in [3.8, 4) is 23.0 Å². The molecule has 1 unspecified atom stereocenters. The number of carbonyl (C=O) groups is 2. The van der Waals surface area contributed by atoms with Gasteiger partial charge in [0.1, 0.15) is 5.82 Å². The fourth-order valence-electron chi connectivity index (χ4n) is 7.83. The van der Waals surface area contributed by atoms with Crippen LogP contribution in [0.25, 0.3) is 22.6 Å². The smallest absolute Gasteiger partial charge is 0.339 e. The molecule has 0 spiro atoms. The Morgan fingerprint density at radius 1 is 0.825 bits per heavy atom. The SMILES string of the molecule is CCOc1ccc(CC2c3cc(OCC)c(OCC)cc3CCN2C(=O)COC(=O)c2c3c(nc4ccccc24)/C(=C/c2c(F)cccc2Cl)CC3)cc1OCC. The van der Waals surface area contributed by atoms with Crippen LogP contribution in [-0.2, 0) is 28.8 Å². The number of halogens is 2. The molecule has 57 heavy (non-hydrogen) atoms. The Morgan fingerprint density at radius 3 is 2.26 bits per heavy atom. The molecule has 2 heterocycles. The van der Waals surface area contributed by atoms with Crippen LogP contribution >= 0.6 is 11.6 Å². The van der Waals surface area contributed by atoms with Crippen LogP contribution in [0.3, 0.4) is 0 Å². The van der Waals surface area contributed by atoms with E-state index in [-0.39, 0.29) is 16.5 Å². The van der Waals surface area contributed by atoms with E-state index in [0.717, 1.165) is 22.3 Å². The lowest BCUT2D eigenvalue weighted by Gasteiger charge is -2.38. The normalized spacial score (nSPS) is 15.3. The maximum Gasteiger partial charge on any atom is 0.339 e. The molecule has 5 aromatic rings. The third kappa shape index (κ3) is 8.28. The van der Waals surface area contributed by atoms with Gasteiger partial charge >= 0.3 is 5.97 Å². The molecule has 7 rings (SSSR count). The van der Waals surface area contributed by atoms with Crippen molar-refractivity contribution in [2.75, 3.05) is 39.6 Å². The Kier molecular flexibility index (Phi) is 12.3. The van der Waals surface area contributed by atoms with Crippen molar-refractivity contribution in [1.82, 2.24) is 9.88 Å². The zero-order chi connectivity index (χ0) is 40.1. The van der Waals surface area contributed by atoms with Crippen molar-refractivity contribution >= 4 is 46.0 Å². The van der Waals surface area contributed by atoms with Gasteiger partial charge in [-0.05, 0) is 130 Å². The van der Waals surface area contributed by atoms with Crippen LogP contribution in [0, 0.1) is 5.82 Å². The Bertz CT molecular complexity index is 2320. The molecule has 4 aromatic carbocycles. The molecular formula is C46H46ClFN2O7. The van der Waals surface area contributed by atoms with Crippen LogP contribution in [0.15, 0.2) is 72.8 Å². The summed E-state index contributed by atoms with van der Waals surface area (Å²) in [5.41, 5.74) is 6.22. The van der Waals surface area contributed by atoms with E-state index in [1.54, 1.807) is 23.1 Å². The van der Waals surface area contributed by atoms with Crippen molar-refractivity contribution in [2.24, 2.45) is 0 Å². The summed E-state index contributed by atoms with van der Waals surface area (Å²) < 4.78 is 44.5. The van der Waals surface area contributed by atoms with Crippen molar-refractivity contribution < 1.29 is 37.7 Å². The van der Waals surface area contributed by atoms with E-state index < -0.39 is 24.4 Å². The van der Waals surface area contributed by atoms with Crippen LogP contribution in [0.1, 0.15) is 84.0 Å². The Morgan fingerprint density at radius 2 is 1.53 bits per heavy atom. The maximum absolute atomic E-state index is 14.8. The van der Waals surface area contributed by atoms with E-state index in [0.29, 0.717) is 109 Å². The van der Waals surface area contributed by atoms with Gasteiger partial charge in [-0.15, -0.1) is 0 Å². The van der Waals surface area contributed by atoms with Crippen LogP contribution < -0.4 is 18.9 Å². The molecule has 0 fully saturated rings. The van der Waals surface area contributed by atoms with Gasteiger partial charge in [-0.3, -0.25) is 4.79 Å². The van der Waals surface area contributed by atoms with Gasteiger partial charge in [-0.1, -0.05) is 41.9 Å². The number of allylic oxidation sites excluding steroid dienone is 1. The molecule has 1 atom stereocenters. The molecular weight excluding hydrogens is 747 g/mol. The second kappa shape index (κ2) is 17.7. The highest BCUT2D eigenvalue weighted by atomic mass is 35.5. The minimum atomic E-state index is -0.620. The molecule has 1 aliphatic heterocycles. The van der Waals surface area contributed by atoms with Crippen LogP contribution in [0.2, 0.25) is 5.02 Å².